The molecule has 2 unspecified atom stereocenters. The number of aliphatic carboxylic acids is 1. The minimum absolute atomic E-state index is 0.162. The molecule has 2 heteroatoms. The van der Waals surface area contributed by atoms with Crippen LogP contribution in [0.3, 0.4) is 0 Å². The third kappa shape index (κ3) is 2.76. The van der Waals surface area contributed by atoms with Crippen LogP contribution in [0.4, 0.5) is 0 Å². The molecule has 16 heavy (non-hydrogen) atoms. The fourth-order valence-corrected chi connectivity index (χ4v) is 2.32. The van der Waals surface area contributed by atoms with E-state index in [-0.39, 0.29) is 11.3 Å². The number of hydrogen-bond acceptors (Lipinski definition) is 1. The van der Waals surface area contributed by atoms with E-state index in [0.29, 0.717) is 5.92 Å². The van der Waals surface area contributed by atoms with Crippen molar-refractivity contribution in [3.8, 4) is 0 Å². The Morgan fingerprint density at radius 3 is 2.62 bits per heavy atom. The molecule has 0 bridgehead atoms. The van der Waals surface area contributed by atoms with Crippen LogP contribution in [0.1, 0.15) is 46.5 Å². The summed E-state index contributed by atoms with van der Waals surface area (Å²) in [6, 6.07) is 0. The quantitative estimate of drug-likeness (QED) is 0.697. The molecule has 1 fully saturated rings. The first kappa shape index (κ1) is 13.1. The van der Waals surface area contributed by atoms with E-state index in [9.17, 15) is 4.79 Å². The lowest BCUT2D eigenvalue weighted by atomic mass is 9.90. The summed E-state index contributed by atoms with van der Waals surface area (Å²) < 4.78 is 0. The standard InChI is InChI=1S/C14H22O2/c1-5-11(8-6-7-10(2)3)14(4)9-12(14)13(15)16/h10,12H,1,6-9H2,2-4H3,(H,15,16). The minimum atomic E-state index is -0.681. The molecule has 1 aliphatic carbocycles. The van der Waals surface area contributed by atoms with Gasteiger partial charge < -0.3 is 5.11 Å². The molecule has 90 valence electrons. The number of allylic oxidation sites excluding steroid dienone is 1. The molecule has 2 nitrogen and oxygen atoms in total. The highest BCUT2D eigenvalue weighted by Crippen LogP contribution is 2.58. The zero-order valence-corrected chi connectivity index (χ0v) is 10.5. The van der Waals surface area contributed by atoms with Crippen LogP contribution in [0.25, 0.3) is 0 Å². The van der Waals surface area contributed by atoms with Gasteiger partial charge in [0.05, 0.1) is 5.92 Å². The third-order valence-electron chi connectivity index (χ3n) is 3.65. The fourth-order valence-electron chi connectivity index (χ4n) is 2.32. The van der Waals surface area contributed by atoms with E-state index in [4.69, 9.17) is 5.11 Å². The van der Waals surface area contributed by atoms with Gasteiger partial charge in [-0.05, 0) is 30.8 Å². The summed E-state index contributed by atoms with van der Waals surface area (Å²) in [5, 5.41) is 8.99. The van der Waals surface area contributed by atoms with Gasteiger partial charge in [-0.3, -0.25) is 4.79 Å². The molecule has 1 rings (SSSR count). The predicted molar refractivity (Wildman–Crippen MR) is 65.2 cm³/mol. The maximum Gasteiger partial charge on any atom is 0.307 e. The van der Waals surface area contributed by atoms with Crippen LogP contribution in [0.15, 0.2) is 17.9 Å². The van der Waals surface area contributed by atoms with Crippen LogP contribution in [-0.4, -0.2) is 11.1 Å². The van der Waals surface area contributed by atoms with Gasteiger partial charge >= 0.3 is 5.97 Å². The van der Waals surface area contributed by atoms with E-state index in [1.165, 1.54) is 6.42 Å². The van der Waals surface area contributed by atoms with Crippen molar-refractivity contribution in [1.82, 2.24) is 0 Å². The maximum atomic E-state index is 10.9. The maximum absolute atomic E-state index is 10.9. The number of rotatable bonds is 6. The van der Waals surface area contributed by atoms with Crippen LogP contribution in [-0.2, 0) is 4.79 Å². The number of carbonyl (C=O) groups is 1. The lowest BCUT2D eigenvalue weighted by Crippen LogP contribution is -2.09. The molecule has 0 amide bonds. The Labute approximate surface area is 98.1 Å². The predicted octanol–water partition coefficient (Wildman–Crippen LogP) is 3.63. The zero-order chi connectivity index (χ0) is 12.3. The number of hydrogen-bond donors (Lipinski definition) is 1. The Hall–Kier alpha value is -1.01. The molecule has 0 saturated heterocycles. The topological polar surface area (TPSA) is 37.3 Å². The van der Waals surface area contributed by atoms with Crippen molar-refractivity contribution >= 4 is 5.97 Å². The van der Waals surface area contributed by atoms with Gasteiger partial charge in [-0.25, -0.2) is 0 Å². The second-order valence-electron chi connectivity index (χ2n) is 5.45. The summed E-state index contributed by atoms with van der Waals surface area (Å²) >= 11 is 0. The summed E-state index contributed by atoms with van der Waals surface area (Å²) in [6.07, 6.45) is 3.99. The molecule has 1 aliphatic rings. The minimum Gasteiger partial charge on any atom is -0.481 e. The molecule has 0 aromatic heterocycles. The first-order valence-electron chi connectivity index (χ1n) is 6.04. The van der Waals surface area contributed by atoms with Gasteiger partial charge in [-0.1, -0.05) is 33.8 Å². The van der Waals surface area contributed by atoms with Gasteiger partial charge in [0.1, 0.15) is 0 Å². The number of carboxylic acids is 1. The summed E-state index contributed by atoms with van der Waals surface area (Å²) in [4.78, 5) is 10.9. The van der Waals surface area contributed by atoms with E-state index in [0.717, 1.165) is 24.8 Å². The largest absolute Gasteiger partial charge is 0.481 e. The first-order valence-corrected chi connectivity index (χ1v) is 6.04. The van der Waals surface area contributed by atoms with Gasteiger partial charge in [-0.2, -0.15) is 0 Å². The summed E-state index contributed by atoms with van der Waals surface area (Å²) in [5.41, 5.74) is 3.92. The second-order valence-corrected chi connectivity index (χ2v) is 5.45. The van der Waals surface area contributed by atoms with Crippen LogP contribution >= 0.6 is 0 Å². The molecule has 0 aromatic carbocycles. The Balaban J connectivity index is 2.52. The highest BCUT2D eigenvalue weighted by atomic mass is 16.4. The Kier molecular flexibility index (Phi) is 3.98. The lowest BCUT2D eigenvalue weighted by molar-refractivity contribution is -0.139. The van der Waals surface area contributed by atoms with Crippen molar-refractivity contribution in [3.63, 3.8) is 0 Å². The molecule has 0 aromatic rings. The van der Waals surface area contributed by atoms with Crippen LogP contribution in [0.5, 0.6) is 0 Å². The molecule has 1 saturated carbocycles. The lowest BCUT2D eigenvalue weighted by Gasteiger charge is -2.13. The molecule has 2 atom stereocenters. The average Bonchev–Trinajstić information content (AvgIpc) is 2.86. The summed E-state index contributed by atoms with van der Waals surface area (Å²) in [5.74, 6) is -0.191. The molecular formula is C14H22O2. The molecule has 0 radical (unpaired) electrons. The summed E-state index contributed by atoms with van der Waals surface area (Å²) in [7, 11) is 0. The Morgan fingerprint density at radius 2 is 2.25 bits per heavy atom. The van der Waals surface area contributed by atoms with Gasteiger partial charge in [0.2, 0.25) is 0 Å². The zero-order valence-electron chi connectivity index (χ0n) is 10.5. The average molecular weight is 222 g/mol. The van der Waals surface area contributed by atoms with Crippen molar-refractivity contribution in [2.45, 2.75) is 46.5 Å². The number of carboxylic acid groups (broad SMARTS) is 1. The van der Waals surface area contributed by atoms with E-state index in [1.807, 2.05) is 6.92 Å². The van der Waals surface area contributed by atoms with Crippen molar-refractivity contribution in [3.05, 3.63) is 17.9 Å². The fraction of sp³-hybridized carbons (Fsp3) is 0.714. The highest BCUT2D eigenvalue weighted by Gasteiger charge is 2.56. The van der Waals surface area contributed by atoms with Crippen LogP contribution in [0.2, 0.25) is 0 Å². The molecular weight excluding hydrogens is 200 g/mol. The van der Waals surface area contributed by atoms with Gasteiger partial charge in [-0.15, -0.1) is 5.73 Å². The molecule has 0 heterocycles. The van der Waals surface area contributed by atoms with Crippen molar-refractivity contribution in [1.29, 1.82) is 0 Å². The second kappa shape index (κ2) is 4.88. The monoisotopic (exact) mass is 222 g/mol. The van der Waals surface area contributed by atoms with E-state index >= 15 is 0 Å². The smallest absolute Gasteiger partial charge is 0.307 e. The van der Waals surface area contributed by atoms with Crippen LogP contribution < -0.4 is 0 Å². The van der Waals surface area contributed by atoms with Crippen molar-refractivity contribution in [2.24, 2.45) is 17.3 Å². The van der Waals surface area contributed by atoms with E-state index < -0.39 is 5.97 Å². The third-order valence-corrected chi connectivity index (χ3v) is 3.65. The Morgan fingerprint density at radius 1 is 1.62 bits per heavy atom. The normalized spacial score (nSPS) is 27.6. The Bertz CT molecular complexity index is 324. The van der Waals surface area contributed by atoms with Crippen LogP contribution in [0, 0.1) is 17.3 Å². The molecule has 0 spiro atoms. The van der Waals surface area contributed by atoms with Crippen molar-refractivity contribution in [2.75, 3.05) is 0 Å². The van der Waals surface area contributed by atoms with Crippen molar-refractivity contribution < 1.29 is 9.90 Å². The van der Waals surface area contributed by atoms with Gasteiger partial charge in [0.15, 0.2) is 0 Å². The molecule has 0 aliphatic heterocycles. The van der Waals surface area contributed by atoms with E-state index in [1.54, 1.807) is 0 Å². The first-order chi connectivity index (χ1) is 7.41. The van der Waals surface area contributed by atoms with E-state index in [2.05, 4.69) is 26.2 Å². The molecule has 1 N–H and O–H groups in total. The summed E-state index contributed by atoms with van der Waals surface area (Å²) in [6.45, 7) is 10.1. The van der Waals surface area contributed by atoms with Gasteiger partial charge in [0.25, 0.3) is 0 Å². The van der Waals surface area contributed by atoms with Gasteiger partial charge in [0, 0.05) is 5.41 Å². The highest BCUT2D eigenvalue weighted by molar-refractivity contribution is 5.75. The SMILES string of the molecule is C=C=C(CCCC(C)C)C1(C)CC1C(=O)O.